The number of ether oxygens (including phenoxy) is 2. The number of nitrogens with one attached hydrogen (secondary N) is 1. The molecule has 2 aliphatic rings. The molecule has 2 aliphatic heterocycles. The lowest BCUT2D eigenvalue weighted by Crippen LogP contribution is -2.38. The Labute approximate surface area is 219 Å². The first kappa shape index (κ1) is 28.9. The highest BCUT2D eigenvalue weighted by Crippen LogP contribution is 2.27. The molecule has 0 aromatic heterocycles. The summed E-state index contributed by atoms with van der Waals surface area (Å²) >= 11 is 0. The van der Waals surface area contributed by atoms with Gasteiger partial charge in [-0.05, 0) is 67.9 Å². The highest BCUT2D eigenvalue weighted by atomic mass is 19.1. The summed E-state index contributed by atoms with van der Waals surface area (Å²) in [6, 6.07) is 4.83. The average Bonchev–Trinajstić information content (AvgIpc) is 3.28. The van der Waals surface area contributed by atoms with Crippen LogP contribution in [0.2, 0.25) is 0 Å². The lowest BCUT2D eigenvalue weighted by Gasteiger charge is -2.25. The maximum Gasteiger partial charge on any atom is 0.309 e. The zero-order chi connectivity index (χ0) is 26.9. The summed E-state index contributed by atoms with van der Waals surface area (Å²) in [7, 11) is 1.48. The van der Waals surface area contributed by atoms with Gasteiger partial charge in [-0.2, -0.15) is 0 Å². The van der Waals surface area contributed by atoms with E-state index in [0.717, 1.165) is 24.1 Å². The molecule has 0 aliphatic carbocycles. The lowest BCUT2D eigenvalue weighted by atomic mass is 9.93. The van der Waals surface area contributed by atoms with Gasteiger partial charge in [-0.25, -0.2) is 4.39 Å². The van der Waals surface area contributed by atoms with Gasteiger partial charge in [-0.3, -0.25) is 9.59 Å². The number of anilines is 1. The fourth-order valence-corrected chi connectivity index (χ4v) is 4.90. The van der Waals surface area contributed by atoms with E-state index in [1.807, 2.05) is 43.0 Å². The van der Waals surface area contributed by atoms with Gasteiger partial charge in [0.1, 0.15) is 18.5 Å². The third kappa shape index (κ3) is 8.97. The second-order valence-corrected chi connectivity index (χ2v) is 10.3. The second kappa shape index (κ2) is 13.7. The number of benzene rings is 1. The van der Waals surface area contributed by atoms with Crippen molar-refractivity contribution in [3.05, 3.63) is 53.7 Å². The van der Waals surface area contributed by atoms with E-state index in [4.69, 9.17) is 9.47 Å². The van der Waals surface area contributed by atoms with Crippen molar-refractivity contribution in [3.63, 3.8) is 0 Å². The first-order valence-electron chi connectivity index (χ1n) is 13.1. The number of allylic oxidation sites excluding steroid dienone is 1. The molecule has 1 saturated heterocycles. The molecule has 1 fully saturated rings. The highest BCUT2D eigenvalue weighted by Gasteiger charge is 2.26. The summed E-state index contributed by atoms with van der Waals surface area (Å²) in [6.07, 6.45) is 8.73. The van der Waals surface area contributed by atoms with Gasteiger partial charge >= 0.3 is 5.97 Å². The number of hydrogen-bond donors (Lipinski definition) is 2. The smallest absolute Gasteiger partial charge is 0.309 e. The van der Waals surface area contributed by atoms with Crippen molar-refractivity contribution in [1.82, 2.24) is 5.32 Å². The maximum atomic E-state index is 14.6. The zero-order valence-electron chi connectivity index (χ0n) is 22.3. The van der Waals surface area contributed by atoms with E-state index in [1.165, 1.54) is 19.2 Å². The fraction of sp³-hybridized carbons (Fsp3) is 0.552. The number of esters is 1. The maximum absolute atomic E-state index is 14.6. The van der Waals surface area contributed by atoms with Gasteiger partial charge in [0.15, 0.2) is 0 Å². The number of nitrogens with zero attached hydrogens (tertiary/aromatic N) is 1. The molecule has 0 bridgehead atoms. The second-order valence-electron chi connectivity index (χ2n) is 10.3. The molecule has 37 heavy (non-hydrogen) atoms. The highest BCUT2D eigenvalue weighted by molar-refractivity contribution is 5.77. The number of halogens is 1. The van der Waals surface area contributed by atoms with E-state index in [9.17, 15) is 19.1 Å². The van der Waals surface area contributed by atoms with E-state index >= 15 is 0 Å². The molecule has 1 amide bonds. The number of methoxy groups -OCH3 is 1. The molecule has 7 nitrogen and oxygen atoms in total. The fourth-order valence-electron chi connectivity index (χ4n) is 4.90. The molecule has 8 heteroatoms. The Morgan fingerprint density at radius 2 is 2.05 bits per heavy atom. The van der Waals surface area contributed by atoms with Crippen LogP contribution in [0.3, 0.4) is 0 Å². The van der Waals surface area contributed by atoms with Crippen molar-refractivity contribution >= 4 is 23.6 Å². The van der Waals surface area contributed by atoms with Gasteiger partial charge in [-0.1, -0.05) is 32.1 Å². The monoisotopic (exact) mass is 515 g/mol. The van der Waals surface area contributed by atoms with Crippen LogP contribution in [0.25, 0.3) is 6.08 Å². The molecule has 5 atom stereocenters. The predicted molar refractivity (Wildman–Crippen MR) is 142 cm³/mol. The summed E-state index contributed by atoms with van der Waals surface area (Å²) < 4.78 is 25.3. The Morgan fingerprint density at radius 3 is 2.81 bits per heavy atom. The summed E-state index contributed by atoms with van der Waals surface area (Å²) in [4.78, 5) is 26.5. The van der Waals surface area contributed by atoms with Gasteiger partial charge < -0.3 is 24.8 Å². The first-order valence-corrected chi connectivity index (χ1v) is 13.1. The van der Waals surface area contributed by atoms with Gasteiger partial charge in [0.05, 0.1) is 12.5 Å². The lowest BCUT2D eigenvalue weighted by molar-refractivity contribution is -0.151. The molecular formula is C29H40FN2O5. The van der Waals surface area contributed by atoms with Crippen LogP contribution >= 0.6 is 0 Å². The van der Waals surface area contributed by atoms with Crippen LogP contribution in [0, 0.1) is 24.1 Å². The number of cyclic esters (lactones) is 1. The molecule has 0 unspecified atom stereocenters. The van der Waals surface area contributed by atoms with Crippen molar-refractivity contribution < 1.29 is 28.6 Å². The number of aliphatic hydroxyl groups excluding tert-OH is 1. The van der Waals surface area contributed by atoms with Gasteiger partial charge in [0.25, 0.3) is 0 Å². The topological polar surface area (TPSA) is 88.1 Å². The number of hydrogen-bond acceptors (Lipinski definition) is 6. The molecule has 2 heterocycles. The zero-order valence-corrected chi connectivity index (χ0v) is 22.3. The van der Waals surface area contributed by atoms with Gasteiger partial charge in [0, 0.05) is 37.8 Å². The molecular weight excluding hydrogens is 475 g/mol. The quantitative estimate of drug-likeness (QED) is 0.556. The van der Waals surface area contributed by atoms with Crippen molar-refractivity contribution in [2.24, 2.45) is 11.8 Å². The molecule has 1 aromatic carbocycles. The molecule has 3 rings (SSSR count). The Hall–Kier alpha value is -2.71. The predicted octanol–water partition coefficient (Wildman–Crippen LogP) is 4.06. The number of amides is 1. The van der Waals surface area contributed by atoms with Gasteiger partial charge in [-0.15, -0.1) is 0 Å². The van der Waals surface area contributed by atoms with Crippen LogP contribution in [0.15, 0.2) is 35.9 Å². The molecule has 1 aromatic rings. The molecule has 1 radical (unpaired) electrons. The minimum Gasteiger partial charge on any atom is -0.457 e. The van der Waals surface area contributed by atoms with Crippen molar-refractivity contribution in [3.8, 4) is 0 Å². The standard InChI is InChI=1S/C29H40FN2O5/c1-19-6-5-7-20(2)29(37-28(35)16-26(33)9-8-19)21(3)12-22-13-23(30)15-25(14-22)32-11-10-24(17-32)31-27(34)18-36-4/h5-7,12-15,19-20,24,26,29,33H,8-11,16-18H2,1-4H3,(H,31,34)/b7-5+,21-12+/t19-,20+,24+,26+,29+/m1/s1. The number of carbonyl (C=O) groups excluding carboxylic acids is 2. The third-order valence-corrected chi connectivity index (χ3v) is 6.89. The van der Waals surface area contributed by atoms with Crippen LogP contribution in [-0.4, -0.2) is 62.0 Å². The average molecular weight is 516 g/mol. The Balaban J connectivity index is 1.78. The molecule has 2 N–H and O–H groups in total. The van der Waals surface area contributed by atoms with E-state index in [2.05, 4.69) is 18.7 Å². The van der Waals surface area contributed by atoms with E-state index in [1.54, 1.807) is 0 Å². The minimum absolute atomic E-state index is 0.0139. The first-order chi connectivity index (χ1) is 17.6. The molecule has 0 spiro atoms. The van der Waals surface area contributed by atoms with Crippen LogP contribution in [0.1, 0.15) is 52.0 Å². The van der Waals surface area contributed by atoms with Crippen molar-refractivity contribution in [1.29, 1.82) is 0 Å². The Morgan fingerprint density at radius 1 is 1.27 bits per heavy atom. The third-order valence-electron chi connectivity index (χ3n) is 6.89. The van der Waals surface area contributed by atoms with Crippen LogP contribution in [0.5, 0.6) is 0 Å². The van der Waals surface area contributed by atoms with Crippen molar-refractivity contribution in [2.75, 3.05) is 31.7 Å². The molecule has 0 saturated carbocycles. The van der Waals surface area contributed by atoms with Gasteiger partial charge in [0.2, 0.25) is 5.91 Å². The summed E-state index contributed by atoms with van der Waals surface area (Å²) in [6.45, 7) is 7.24. The summed E-state index contributed by atoms with van der Waals surface area (Å²) in [5.41, 5.74) is 2.18. The number of carbonyl (C=O) groups is 2. The van der Waals surface area contributed by atoms with Crippen LogP contribution < -0.4 is 10.2 Å². The van der Waals surface area contributed by atoms with Crippen molar-refractivity contribution in [2.45, 2.75) is 64.7 Å². The summed E-state index contributed by atoms with van der Waals surface area (Å²) in [5, 5.41) is 13.2. The SMILES string of the molecule is COCC(=O)N[C@H]1CCN(c2cc(F)cc(/C=C(\C)[C@H]3OC(=O)C[C@@H](O)CC[C@H](C)[CH]/C=C/[C@@H]3C)c2)C1. The van der Waals surface area contributed by atoms with E-state index in [0.29, 0.717) is 31.0 Å². The van der Waals surface area contributed by atoms with Crippen LogP contribution in [-0.2, 0) is 19.1 Å². The molecule has 203 valence electrons. The van der Waals surface area contributed by atoms with E-state index < -0.39 is 18.2 Å². The van der Waals surface area contributed by atoms with E-state index in [-0.39, 0.29) is 36.7 Å². The minimum atomic E-state index is -0.735. The largest absolute Gasteiger partial charge is 0.457 e. The van der Waals surface area contributed by atoms with Crippen LogP contribution in [0.4, 0.5) is 10.1 Å². The Bertz CT molecular complexity index is 995. The normalized spacial score (nSPS) is 28.7. The Kier molecular flexibility index (Phi) is 10.7. The summed E-state index contributed by atoms with van der Waals surface area (Å²) in [5.74, 6) is -0.779. The number of rotatable bonds is 6. The number of aliphatic hydroxyl groups is 1.